The van der Waals surface area contributed by atoms with Crippen LogP contribution in [0.1, 0.15) is 59.2 Å². The summed E-state index contributed by atoms with van der Waals surface area (Å²) in [4.78, 5) is 37.3. The number of carbonyl (C=O) groups is 2. The van der Waals surface area contributed by atoms with Crippen LogP contribution in [0.2, 0.25) is 0 Å². The Morgan fingerprint density at radius 1 is 1.22 bits per heavy atom. The van der Waals surface area contributed by atoms with Crippen LogP contribution in [0.15, 0.2) is 46.4 Å². The van der Waals surface area contributed by atoms with Gasteiger partial charge in [-0.1, -0.05) is 13.3 Å². The highest BCUT2D eigenvalue weighted by atomic mass is 32.1. The number of fused-ring (bicyclic) bond motifs is 1. The fourth-order valence-corrected chi connectivity index (χ4v) is 5.32. The number of nitro benzene ring substituents is 1. The quantitative estimate of drug-likeness (QED) is 0.0875. The second kappa shape index (κ2) is 11.7. The third-order valence-electron chi connectivity index (χ3n) is 5.97. The van der Waals surface area contributed by atoms with Crippen LogP contribution < -0.4 is 5.32 Å². The van der Waals surface area contributed by atoms with Crippen LogP contribution in [0, 0.1) is 21.4 Å². The fraction of sp³-hybridized carbons (Fsp3) is 0.296. The van der Waals surface area contributed by atoms with Crippen LogP contribution >= 0.6 is 11.3 Å². The number of non-ortho nitro benzene ring substituents is 1. The minimum atomic E-state index is -0.656. The van der Waals surface area contributed by atoms with Gasteiger partial charge in [0.05, 0.1) is 17.1 Å². The average molecular weight is 520 g/mol. The van der Waals surface area contributed by atoms with Gasteiger partial charge < -0.3 is 14.5 Å². The van der Waals surface area contributed by atoms with Gasteiger partial charge in [-0.15, -0.1) is 11.3 Å². The Balaban J connectivity index is 1.55. The molecule has 9 nitrogen and oxygen atoms in total. The molecule has 0 atom stereocenters. The second-order valence-corrected chi connectivity index (χ2v) is 9.64. The van der Waals surface area contributed by atoms with E-state index >= 15 is 0 Å². The van der Waals surface area contributed by atoms with E-state index in [0.29, 0.717) is 28.5 Å². The lowest BCUT2D eigenvalue weighted by Crippen LogP contribution is -2.17. The van der Waals surface area contributed by atoms with Crippen LogP contribution in [0.25, 0.3) is 17.4 Å². The van der Waals surface area contributed by atoms with Gasteiger partial charge in [0.25, 0.3) is 11.6 Å². The fourth-order valence-electron chi connectivity index (χ4n) is 4.05. The first kappa shape index (κ1) is 25.9. The maximum Gasteiger partial charge on any atom is 0.341 e. The van der Waals surface area contributed by atoms with Gasteiger partial charge in [0.2, 0.25) is 0 Å². The Bertz CT molecular complexity index is 1390. The van der Waals surface area contributed by atoms with E-state index in [4.69, 9.17) is 9.15 Å². The maximum atomic E-state index is 13.0. The second-order valence-electron chi connectivity index (χ2n) is 8.53. The highest BCUT2D eigenvalue weighted by molar-refractivity contribution is 7.17. The highest BCUT2D eigenvalue weighted by Crippen LogP contribution is 2.39. The molecule has 1 aromatic carbocycles. The van der Waals surface area contributed by atoms with Crippen molar-refractivity contribution in [1.29, 1.82) is 5.26 Å². The normalized spacial score (nSPS) is 12.9. The molecule has 1 aliphatic carbocycles. The van der Waals surface area contributed by atoms with E-state index in [-0.39, 0.29) is 17.0 Å². The summed E-state index contributed by atoms with van der Waals surface area (Å²) < 4.78 is 11.2. The zero-order chi connectivity index (χ0) is 26.4. The van der Waals surface area contributed by atoms with Gasteiger partial charge in [-0.2, -0.15) is 5.26 Å². The average Bonchev–Trinajstić information content (AvgIpc) is 3.51. The number of nitrogens with zero attached hydrogens (tertiary/aromatic N) is 2. The predicted octanol–water partition coefficient (Wildman–Crippen LogP) is 6.30. The molecule has 0 unspecified atom stereocenters. The van der Waals surface area contributed by atoms with E-state index < -0.39 is 16.8 Å². The molecule has 37 heavy (non-hydrogen) atoms. The number of amides is 1. The number of carbonyl (C=O) groups excluding carboxylic acids is 2. The first-order chi connectivity index (χ1) is 17.9. The summed E-state index contributed by atoms with van der Waals surface area (Å²) in [5.74, 6) is -0.409. The number of unbranched alkanes of at least 4 members (excludes halogenated alkanes) is 1. The smallest absolute Gasteiger partial charge is 0.341 e. The summed E-state index contributed by atoms with van der Waals surface area (Å²) in [5, 5.41) is 23.7. The zero-order valence-corrected chi connectivity index (χ0v) is 21.1. The van der Waals surface area contributed by atoms with E-state index in [1.165, 1.54) is 29.5 Å². The molecular formula is C27H25N3O6S. The summed E-state index contributed by atoms with van der Waals surface area (Å²) in [7, 11) is 0. The van der Waals surface area contributed by atoms with Crippen molar-refractivity contribution < 1.29 is 23.7 Å². The van der Waals surface area contributed by atoms with Gasteiger partial charge in [0.15, 0.2) is 0 Å². The van der Waals surface area contributed by atoms with Crippen molar-refractivity contribution in [3.63, 3.8) is 0 Å². The van der Waals surface area contributed by atoms with Crippen LogP contribution in [0.3, 0.4) is 0 Å². The Kier molecular flexibility index (Phi) is 8.15. The van der Waals surface area contributed by atoms with Gasteiger partial charge in [-0.05, 0) is 61.9 Å². The molecule has 1 aliphatic rings. The molecule has 0 fully saturated rings. The summed E-state index contributed by atoms with van der Waals surface area (Å²) >= 11 is 1.36. The van der Waals surface area contributed by atoms with Crippen LogP contribution in [-0.2, 0) is 22.4 Å². The summed E-state index contributed by atoms with van der Waals surface area (Å²) in [6, 6.07) is 11.0. The van der Waals surface area contributed by atoms with Crippen molar-refractivity contribution in [2.45, 2.75) is 45.4 Å². The minimum absolute atomic E-state index is 0.0391. The molecule has 0 bridgehead atoms. The van der Waals surface area contributed by atoms with Crippen molar-refractivity contribution in [2.75, 3.05) is 11.9 Å². The van der Waals surface area contributed by atoms with E-state index in [2.05, 4.69) is 5.32 Å². The molecule has 0 radical (unpaired) electrons. The van der Waals surface area contributed by atoms with Gasteiger partial charge in [-0.3, -0.25) is 14.9 Å². The molecule has 1 amide bonds. The molecule has 1 N–H and O–H groups in total. The van der Waals surface area contributed by atoms with Crippen molar-refractivity contribution in [1.82, 2.24) is 0 Å². The number of hydrogen-bond donors (Lipinski definition) is 1. The van der Waals surface area contributed by atoms with Crippen LogP contribution in [0.4, 0.5) is 10.7 Å². The number of nitrogens with one attached hydrogen (secondary N) is 1. The Labute approximate surface area is 217 Å². The standard InChI is InChI=1S/C27H25N3O6S/c1-2-3-14-35-27(32)24-21-6-4-5-7-23(21)37-26(24)29-25(31)18(16-28)15-20-12-13-22(36-20)17-8-10-19(11-9-17)30(33)34/h8-13,15H,2-7,14H2,1H3,(H,29,31)/b18-15+. The number of nitriles is 1. The molecule has 2 heterocycles. The molecule has 0 saturated carbocycles. The molecular weight excluding hydrogens is 494 g/mol. The largest absolute Gasteiger partial charge is 0.462 e. The number of thiophene rings is 1. The van der Waals surface area contributed by atoms with E-state index in [0.717, 1.165) is 49.0 Å². The first-order valence-electron chi connectivity index (χ1n) is 12.0. The topological polar surface area (TPSA) is 135 Å². The lowest BCUT2D eigenvalue weighted by molar-refractivity contribution is -0.384. The van der Waals surface area contributed by atoms with Crippen molar-refractivity contribution in [2.24, 2.45) is 0 Å². The molecule has 3 aromatic rings. The number of furan rings is 1. The third-order valence-corrected chi connectivity index (χ3v) is 7.18. The molecule has 0 aliphatic heterocycles. The lowest BCUT2D eigenvalue weighted by Gasteiger charge is -2.12. The number of ether oxygens (including phenoxy) is 1. The third kappa shape index (κ3) is 5.95. The molecule has 2 aromatic heterocycles. The Hall–Kier alpha value is -4.23. The van der Waals surface area contributed by atoms with Crippen molar-refractivity contribution in [3.05, 3.63) is 73.8 Å². The highest BCUT2D eigenvalue weighted by Gasteiger charge is 2.28. The molecule has 0 spiro atoms. The maximum absolute atomic E-state index is 13.0. The van der Waals surface area contributed by atoms with Crippen LogP contribution in [-0.4, -0.2) is 23.4 Å². The van der Waals surface area contributed by atoms with E-state index in [1.54, 1.807) is 24.3 Å². The predicted molar refractivity (Wildman–Crippen MR) is 139 cm³/mol. The minimum Gasteiger partial charge on any atom is -0.462 e. The number of aryl methyl sites for hydroxylation is 1. The van der Waals surface area contributed by atoms with Gasteiger partial charge >= 0.3 is 5.97 Å². The first-order valence-corrected chi connectivity index (χ1v) is 12.8. The number of benzene rings is 1. The van der Waals surface area contributed by atoms with E-state index in [9.17, 15) is 25.0 Å². The van der Waals surface area contributed by atoms with Gasteiger partial charge in [0.1, 0.15) is 28.2 Å². The van der Waals surface area contributed by atoms with Crippen molar-refractivity contribution in [3.8, 4) is 17.4 Å². The summed E-state index contributed by atoms with van der Waals surface area (Å²) in [6.07, 6.45) is 6.54. The van der Waals surface area contributed by atoms with Crippen molar-refractivity contribution >= 4 is 40.0 Å². The summed E-state index contributed by atoms with van der Waals surface area (Å²) in [5.41, 5.74) is 1.70. The number of rotatable bonds is 9. The lowest BCUT2D eigenvalue weighted by atomic mass is 9.95. The van der Waals surface area contributed by atoms with Crippen LogP contribution in [0.5, 0.6) is 0 Å². The zero-order valence-electron chi connectivity index (χ0n) is 20.2. The van der Waals surface area contributed by atoms with E-state index in [1.807, 2.05) is 13.0 Å². The Morgan fingerprint density at radius 3 is 2.68 bits per heavy atom. The molecule has 190 valence electrons. The number of hydrogen-bond acceptors (Lipinski definition) is 8. The van der Waals surface area contributed by atoms with Gasteiger partial charge in [0, 0.05) is 28.6 Å². The summed E-state index contributed by atoms with van der Waals surface area (Å²) in [6.45, 7) is 2.32. The monoisotopic (exact) mass is 519 g/mol. The molecule has 0 saturated heterocycles. The number of nitro groups is 1. The molecule has 4 rings (SSSR count). The Morgan fingerprint density at radius 2 is 1.97 bits per heavy atom. The number of anilines is 1. The van der Waals surface area contributed by atoms with Gasteiger partial charge in [-0.25, -0.2) is 4.79 Å². The molecule has 10 heteroatoms. The SMILES string of the molecule is CCCCOC(=O)c1c(NC(=O)/C(C#N)=C/c2ccc(-c3ccc([N+](=O)[O-])cc3)o2)sc2c1CCCC2. The number of esters is 1.